The van der Waals surface area contributed by atoms with Gasteiger partial charge in [-0.25, -0.2) is 0 Å². The predicted molar refractivity (Wildman–Crippen MR) is 65.5 cm³/mol. The molecule has 0 aromatic carbocycles. The van der Waals surface area contributed by atoms with Crippen LogP contribution in [-0.2, 0) is 23.3 Å². The van der Waals surface area contributed by atoms with Crippen molar-refractivity contribution in [2.45, 2.75) is 25.9 Å². The van der Waals surface area contributed by atoms with Crippen molar-refractivity contribution in [3.63, 3.8) is 0 Å². The van der Waals surface area contributed by atoms with Crippen molar-refractivity contribution in [2.75, 3.05) is 0 Å². The first-order chi connectivity index (χ1) is 7.18. The van der Waals surface area contributed by atoms with Crippen molar-refractivity contribution in [2.24, 2.45) is 0 Å². The molecule has 0 aromatic rings. The van der Waals surface area contributed by atoms with E-state index >= 15 is 0 Å². The van der Waals surface area contributed by atoms with E-state index < -0.39 is 0 Å². The summed E-state index contributed by atoms with van der Waals surface area (Å²) in [6.45, 7) is 4.62. The van der Waals surface area contributed by atoms with Crippen LogP contribution in [0.1, 0.15) is 12.8 Å². The minimum absolute atomic E-state index is 0. The third kappa shape index (κ3) is 7.49. The maximum Gasteiger partial charge on any atom is -1.00 e. The Morgan fingerprint density at radius 1 is 1.06 bits per heavy atom. The Hall–Kier alpha value is 0.220. The van der Waals surface area contributed by atoms with Crippen LogP contribution < -0.4 is 12.4 Å². The maximum atomic E-state index is 2.31. The van der Waals surface area contributed by atoms with Crippen LogP contribution in [0.3, 0.4) is 0 Å². The largest absolute Gasteiger partial charge is 1.00 e. The van der Waals surface area contributed by atoms with E-state index in [-0.39, 0.29) is 17.8 Å². The van der Waals surface area contributed by atoms with Crippen molar-refractivity contribution in [1.82, 2.24) is 0 Å². The van der Waals surface area contributed by atoms with E-state index in [1.54, 1.807) is 23.3 Å². The first-order valence-electron chi connectivity index (χ1n) is 5.26. The number of halogens is 1. The fraction of sp³-hybridized carbons (Fsp3) is 0.308. The van der Waals surface area contributed by atoms with Crippen LogP contribution in [0.5, 0.6) is 0 Å². The molecule has 0 spiro atoms. The molecule has 2 aliphatic carbocycles. The second-order valence-electron chi connectivity index (χ2n) is 3.89. The van der Waals surface area contributed by atoms with Crippen molar-refractivity contribution in [1.29, 1.82) is 0 Å². The standard InChI is InChI=1S/C11H11.C2H6Si.ClH.Zr/c1-2-6-10(5-1)9-11-7-3-4-8-11;1-3-2;;/h1-5,7,9H,6,8H2;1-2H3;1H;/q-1;;;+2/p-1. The van der Waals surface area contributed by atoms with Gasteiger partial charge >= 0.3 is 41.9 Å². The normalized spacial score (nSPS) is 15.8. The van der Waals surface area contributed by atoms with Crippen LogP contribution >= 0.6 is 0 Å². The molecule has 0 amide bonds. The van der Waals surface area contributed by atoms with Gasteiger partial charge in [-0.2, -0.15) is 29.7 Å². The van der Waals surface area contributed by atoms with E-state index in [1.807, 2.05) is 0 Å². The topological polar surface area (TPSA) is 0 Å². The van der Waals surface area contributed by atoms with Crippen LogP contribution in [-0.4, -0.2) is 5.43 Å². The van der Waals surface area contributed by atoms with Crippen LogP contribution in [0.4, 0.5) is 0 Å². The summed E-state index contributed by atoms with van der Waals surface area (Å²) in [6, 6.07) is 0. The third-order valence-corrected chi connectivity index (χ3v) is 1.97. The second kappa shape index (κ2) is 9.27. The van der Waals surface area contributed by atoms with E-state index in [2.05, 4.69) is 56.0 Å². The van der Waals surface area contributed by atoms with E-state index in [9.17, 15) is 0 Å². The average molecular weight is 328 g/mol. The molecular weight excluding hydrogens is 311 g/mol. The Bertz CT molecular complexity index is 319. The molecule has 0 aliphatic heterocycles. The molecule has 0 aromatic heterocycles. The first-order valence-corrected chi connectivity index (χ1v) is 11.4. The van der Waals surface area contributed by atoms with Crippen LogP contribution in [0.15, 0.2) is 47.6 Å². The van der Waals surface area contributed by atoms with Crippen LogP contribution in [0.25, 0.3) is 0 Å². The number of hydrogen-bond acceptors (Lipinski definition) is 0. The Balaban J connectivity index is 0.000000397. The number of hydrogen-bond donors (Lipinski definition) is 0. The summed E-state index contributed by atoms with van der Waals surface area (Å²) in [4.78, 5) is 0. The van der Waals surface area contributed by atoms with Crippen molar-refractivity contribution >= 4 is 5.43 Å². The van der Waals surface area contributed by atoms with Gasteiger partial charge < -0.3 is 12.4 Å². The van der Waals surface area contributed by atoms with Gasteiger partial charge in [0.15, 0.2) is 0 Å². The molecule has 0 unspecified atom stereocenters. The van der Waals surface area contributed by atoms with Gasteiger partial charge in [0.25, 0.3) is 0 Å². The Kier molecular flexibility index (Phi) is 9.40. The van der Waals surface area contributed by atoms with Crippen LogP contribution in [0, 0.1) is 6.42 Å². The molecule has 0 saturated carbocycles. The summed E-state index contributed by atoms with van der Waals surface area (Å²) in [5.41, 5.74) is 3.07. The van der Waals surface area contributed by atoms with Gasteiger partial charge in [0.1, 0.15) is 0 Å². The molecule has 0 fully saturated rings. The van der Waals surface area contributed by atoms with Gasteiger partial charge in [0.05, 0.1) is 0 Å². The minimum atomic E-state index is 0. The molecule has 0 heterocycles. The monoisotopic (exact) mass is 326 g/mol. The molecule has 3 heteroatoms. The van der Waals surface area contributed by atoms with Gasteiger partial charge in [0.2, 0.25) is 0 Å². The zero-order valence-corrected chi connectivity index (χ0v) is 14.0. The molecule has 0 atom stereocenters. The summed E-state index contributed by atoms with van der Waals surface area (Å²) >= 11 is 1.74. The van der Waals surface area contributed by atoms with E-state index in [4.69, 9.17) is 0 Å². The fourth-order valence-electron chi connectivity index (χ4n) is 1.38. The van der Waals surface area contributed by atoms with E-state index in [1.165, 1.54) is 11.1 Å². The first kappa shape index (κ1) is 16.2. The SMILES string of the molecule is C1=CCC([CH-]C2=CC=CC2)=C1.C[Si](C)=[Zr+2].[Cl-]. The Morgan fingerprint density at radius 3 is 1.69 bits per heavy atom. The van der Waals surface area contributed by atoms with Gasteiger partial charge in [-0.1, -0.05) is 12.2 Å². The fourth-order valence-corrected chi connectivity index (χ4v) is 1.38. The summed E-state index contributed by atoms with van der Waals surface area (Å²) in [5.74, 6) is 0. The molecule has 2 rings (SSSR count). The summed E-state index contributed by atoms with van der Waals surface area (Å²) < 4.78 is 0. The molecule has 2 aliphatic rings. The summed E-state index contributed by atoms with van der Waals surface area (Å²) in [5, 5.41) is 0. The summed E-state index contributed by atoms with van der Waals surface area (Å²) in [6.07, 6.45) is 17.5. The van der Waals surface area contributed by atoms with Crippen molar-refractivity contribution in [3.05, 3.63) is 54.0 Å². The molecule has 0 N–H and O–H groups in total. The van der Waals surface area contributed by atoms with Crippen molar-refractivity contribution < 1.29 is 35.7 Å². The maximum absolute atomic E-state index is 2.31. The van der Waals surface area contributed by atoms with Gasteiger partial charge in [-0.15, -0.1) is 12.2 Å². The smallest absolute Gasteiger partial charge is 1.00 e. The van der Waals surface area contributed by atoms with E-state index in [0.29, 0.717) is 0 Å². The van der Waals surface area contributed by atoms with Gasteiger partial charge in [-0.3, -0.25) is 0 Å². The van der Waals surface area contributed by atoms with Crippen LogP contribution in [0.2, 0.25) is 13.1 Å². The molecule has 0 saturated heterocycles. The van der Waals surface area contributed by atoms with Gasteiger partial charge in [-0.05, 0) is 12.8 Å². The quantitative estimate of drug-likeness (QED) is 0.519. The molecule has 0 nitrogen and oxygen atoms in total. The zero-order valence-electron chi connectivity index (χ0n) is 9.83. The molecule has 0 radical (unpaired) electrons. The molecule has 16 heavy (non-hydrogen) atoms. The van der Waals surface area contributed by atoms with E-state index in [0.717, 1.165) is 12.8 Å². The molecular formula is C13H17ClSiZr. The number of rotatable bonds is 2. The minimum Gasteiger partial charge on any atom is -1.00 e. The molecule has 84 valence electrons. The Morgan fingerprint density at radius 2 is 1.44 bits per heavy atom. The zero-order chi connectivity index (χ0) is 11.1. The third-order valence-electron chi connectivity index (χ3n) is 1.97. The van der Waals surface area contributed by atoms with Gasteiger partial charge in [0, 0.05) is 0 Å². The van der Waals surface area contributed by atoms with Crippen molar-refractivity contribution in [3.8, 4) is 0 Å². The number of allylic oxidation sites excluding steroid dienone is 8. The molecule has 0 bridgehead atoms. The summed E-state index contributed by atoms with van der Waals surface area (Å²) in [7, 11) is 0. The second-order valence-corrected chi connectivity index (χ2v) is 13.3. The average Bonchev–Trinajstić information content (AvgIpc) is 2.76. The predicted octanol–water partition coefficient (Wildman–Crippen LogP) is 0.752. The Labute approximate surface area is 120 Å².